The van der Waals surface area contributed by atoms with Crippen molar-refractivity contribution in [2.75, 3.05) is 18.5 Å². The van der Waals surface area contributed by atoms with Crippen LogP contribution in [0.5, 0.6) is 0 Å². The van der Waals surface area contributed by atoms with E-state index in [0.29, 0.717) is 30.1 Å². The van der Waals surface area contributed by atoms with Crippen molar-refractivity contribution in [1.82, 2.24) is 0 Å². The van der Waals surface area contributed by atoms with Crippen LogP contribution in [0.1, 0.15) is 47.5 Å². The number of anilines is 1. The number of rotatable bonds is 6. The standard InChI is InChI=1S/C15H22N2O3S/c1-3-9(8-16)13(18)17-14-12(15(19)20-4-2)10-6-5-7-11(10)21-14/h9H,3-8,16H2,1-2H3,(H,17,18). The molecule has 0 aliphatic heterocycles. The lowest BCUT2D eigenvalue weighted by atomic mass is 10.1. The molecule has 5 nitrogen and oxygen atoms in total. The number of thiophene rings is 1. The van der Waals surface area contributed by atoms with E-state index in [4.69, 9.17) is 10.5 Å². The Morgan fingerprint density at radius 2 is 2.14 bits per heavy atom. The molecule has 1 amide bonds. The van der Waals surface area contributed by atoms with E-state index in [9.17, 15) is 9.59 Å². The van der Waals surface area contributed by atoms with Gasteiger partial charge in [-0.15, -0.1) is 11.3 Å². The van der Waals surface area contributed by atoms with Crippen LogP contribution in [0.3, 0.4) is 0 Å². The Morgan fingerprint density at radius 1 is 1.38 bits per heavy atom. The van der Waals surface area contributed by atoms with Gasteiger partial charge in [-0.3, -0.25) is 4.79 Å². The maximum atomic E-state index is 12.2. The molecule has 0 fully saturated rings. The zero-order valence-electron chi connectivity index (χ0n) is 12.5. The summed E-state index contributed by atoms with van der Waals surface area (Å²) in [5.74, 6) is -0.685. The molecule has 1 atom stereocenters. The van der Waals surface area contributed by atoms with Crippen LogP contribution in [-0.2, 0) is 22.4 Å². The highest BCUT2D eigenvalue weighted by molar-refractivity contribution is 7.17. The van der Waals surface area contributed by atoms with Crippen molar-refractivity contribution in [1.29, 1.82) is 0 Å². The molecular weight excluding hydrogens is 288 g/mol. The van der Waals surface area contributed by atoms with Crippen LogP contribution < -0.4 is 11.1 Å². The molecule has 0 spiro atoms. The predicted octanol–water partition coefficient (Wildman–Crippen LogP) is 2.34. The number of aryl methyl sites for hydroxylation is 1. The van der Waals surface area contributed by atoms with Gasteiger partial charge in [-0.2, -0.15) is 0 Å². The lowest BCUT2D eigenvalue weighted by molar-refractivity contribution is -0.119. The van der Waals surface area contributed by atoms with Crippen LogP contribution in [0, 0.1) is 5.92 Å². The second kappa shape index (κ2) is 7.04. The van der Waals surface area contributed by atoms with Gasteiger partial charge in [0.2, 0.25) is 5.91 Å². The van der Waals surface area contributed by atoms with E-state index in [-0.39, 0.29) is 17.8 Å². The van der Waals surface area contributed by atoms with E-state index >= 15 is 0 Å². The highest BCUT2D eigenvalue weighted by atomic mass is 32.1. The van der Waals surface area contributed by atoms with Gasteiger partial charge in [0, 0.05) is 11.4 Å². The number of nitrogens with two attached hydrogens (primary N) is 1. The second-order valence-corrected chi connectivity index (χ2v) is 6.22. The molecule has 116 valence electrons. The molecule has 6 heteroatoms. The highest BCUT2D eigenvalue weighted by Crippen LogP contribution is 2.39. The molecule has 1 aliphatic rings. The third-order valence-electron chi connectivity index (χ3n) is 3.79. The van der Waals surface area contributed by atoms with Crippen LogP contribution >= 0.6 is 11.3 Å². The van der Waals surface area contributed by atoms with E-state index in [0.717, 1.165) is 24.8 Å². The van der Waals surface area contributed by atoms with Crippen LogP contribution in [-0.4, -0.2) is 25.0 Å². The summed E-state index contributed by atoms with van der Waals surface area (Å²) in [6, 6.07) is 0. The monoisotopic (exact) mass is 310 g/mol. The minimum absolute atomic E-state index is 0.120. The maximum absolute atomic E-state index is 12.2. The van der Waals surface area contributed by atoms with Crippen molar-refractivity contribution in [3.05, 3.63) is 16.0 Å². The van der Waals surface area contributed by atoms with Gasteiger partial charge in [0.25, 0.3) is 0 Å². The van der Waals surface area contributed by atoms with E-state index < -0.39 is 0 Å². The number of hydrogen-bond donors (Lipinski definition) is 2. The average molecular weight is 310 g/mol. The van der Waals surface area contributed by atoms with Gasteiger partial charge in [0.1, 0.15) is 5.00 Å². The van der Waals surface area contributed by atoms with Gasteiger partial charge in [-0.1, -0.05) is 6.92 Å². The SMILES string of the molecule is CCOC(=O)c1c(NC(=O)C(CC)CN)sc2c1CCC2. The lowest BCUT2D eigenvalue weighted by Crippen LogP contribution is -2.29. The molecule has 1 heterocycles. The quantitative estimate of drug-likeness (QED) is 0.790. The van der Waals surface area contributed by atoms with E-state index in [1.807, 2.05) is 6.92 Å². The molecular formula is C15H22N2O3S. The number of esters is 1. The Hall–Kier alpha value is -1.40. The fourth-order valence-electron chi connectivity index (χ4n) is 2.58. The van der Waals surface area contributed by atoms with Gasteiger partial charge in [0.05, 0.1) is 18.1 Å². The summed E-state index contributed by atoms with van der Waals surface area (Å²) >= 11 is 1.50. The molecule has 0 saturated heterocycles. The summed E-state index contributed by atoms with van der Waals surface area (Å²) in [5, 5.41) is 3.50. The second-order valence-electron chi connectivity index (χ2n) is 5.11. The van der Waals surface area contributed by atoms with Gasteiger partial charge in [0.15, 0.2) is 0 Å². The zero-order chi connectivity index (χ0) is 15.4. The van der Waals surface area contributed by atoms with E-state index in [1.165, 1.54) is 16.2 Å². The van der Waals surface area contributed by atoms with Crippen molar-refractivity contribution in [2.24, 2.45) is 11.7 Å². The summed E-state index contributed by atoms with van der Waals surface area (Å²) in [5.41, 5.74) is 7.21. The first kappa shape index (κ1) is 16.0. The van der Waals surface area contributed by atoms with Gasteiger partial charge >= 0.3 is 5.97 Å². The Labute approximate surface area is 128 Å². The Bertz CT molecular complexity index is 535. The summed E-state index contributed by atoms with van der Waals surface area (Å²) < 4.78 is 5.14. The number of fused-ring (bicyclic) bond motifs is 1. The number of hydrogen-bond acceptors (Lipinski definition) is 5. The van der Waals surface area contributed by atoms with Crippen LogP contribution in [0.2, 0.25) is 0 Å². The first-order valence-electron chi connectivity index (χ1n) is 7.44. The number of nitrogens with one attached hydrogen (secondary N) is 1. The highest BCUT2D eigenvalue weighted by Gasteiger charge is 2.29. The van der Waals surface area contributed by atoms with Crippen LogP contribution in [0.15, 0.2) is 0 Å². The molecule has 0 saturated carbocycles. The van der Waals surface area contributed by atoms with Gasteiger partial charge in [-0.25, -0.2) is 4.79 Å². The van der Waals surface area contributed by atoms with E-state index in [2.05, 4.69) is 5.32 Å². The Kier molecular flexibility index (Phi) is 5.36. The van der Waals surface area contributed by atoms with Crippen LogP contribution in [0.4, 0.5) is 5.00 Å². The molecule has 0 radical (unpaired) electrons. The number of carbonyl (C=O) groups excluding carboxylic acids is 2. The zero-order valence-corrected chi connectivity index (χ0v) is 13.3. The van der Waals surface area contributed by atoms with Crippen molar-refractivity contribution in [3.8, 4) is 0 Å². The third-order valence-corrected chi connectivity index (χ3v) is 4.99. The fourth-order valence-corrected chi connectivity index (χ4v) is 3.86. The molecule has 1 unspecified atom stereocenters. The normalized spacial score (nSPS) is 14.6. The minimum Gasteiger partial charge on any atom is -0.462 e. The molecule has 21 heavy (non-hydrogen) atoms. The Morgan fingerprint density at radius 3 is 2.76 bits per heavy atom. The van der Waals surface area contributed by atoms with Crippen molar-refractivity contribution in [3.63, 3.8) is 0 Å². The summed E-state index contributed by atoms with van der Waals surface area (Å²) in [6.45, 7) is 4.35. The molecule has 1 aromatic rings. The smallest absolute Gasteiger partial charge is 0.341 e. The van der Waals surface area contributed by atoms with E-state index in [1.54, 1.807) is 6.92 Å². The predicted molar refractivity (Wildman–Crippen MR) is 83.8 cm³/mol. The molecule has 2 rings (SSSR count). The summed E-state index contributed by atoms with van der Waals surface area (Å²) in [6.07, 6.45) is 3.59. The van der Waals surface area contributed by atoms with Gasteiger partial charge in [-0.05, 0) is 38.2 Å². The average Bonchev–Trinajstić information content (AvgIpc) is 3.00. The van der Waals surface area contributed by atoms with Crippen LogP contribution in [0.25, 0.3) is 0 Å². The first-order valence-corrected chi connectivity index (χ1v) is 8.26. The summed E-state index contributed by atoms with van der Waals surface area (Å²) in [4.78, 5) is 25.6. The fraction of sp³-hybridized carbons (Fsp3) is 0.600. The minimum atomic E-state index is -0.340. The number of amides is 1. The first-order chi connectivity index (χ1) is 10.1. The molecule has 3 N–H and O–H groups in total. The molecule has 1 aliphatic carbocycles. The molecule has 0 bridgehead atoms. The third kappa shape index (κ3) is 3.27. The van der Waals surface area contributed by atoms with Crippen molar-refractivity contribution < 1.29 is 14.3 Å². The number of carbonyl (C=O) groups is 2. The summed E-state index contributed by atoms with van der Waals surface area (Å²) in [7, 11) is 0. The molecule has 1 aromatic heterocycles. The van der Waals surface area contributed by atoms with Crippen molar-refractivity contribution in [2.45, 2.75) is 39.5 Å². The Balaban J connectivity index is 2.27. The topological polar surface area (TPSA) is 81.4 Å². The molecule has 0 aromatic carbocycles. The van der Waals surface area contributed by atoms with Crippen molar-refractivity contribution >= 4 is 28.2 Å². The largest absolute Gasteiger partial charge is 0.462 e. The maximum Gasteiger partial charge on any atom is 0.341 e. The van der Waals surface area contributed by atoms with Gasteiger partial charge < -0.3 is 15.8 Å². The lowest BCUT2D eigenvalue weighted by Gasteiger charge is -2.13. The number of ether oxygens (including phenoxy) is 1.